The Labute approximate surface area is 67.6 Å². The molecule has 0 spiro atoms. The van der Waals surface area contributed by atoms with E-state index in [2.05, 4.69) is 6.92 Å². The summed E-state index contributed by atoms with van der Waals surface area (Å²) in [5.74, 6) is -0.225. The summed E-state index contributed by atoms with van der Waals surface area (Å²) in [5, 5.41) is 0. The summed E-state index contributed by atoms with van der Waals surface area (Å²) in [7, 11) is 3.31. The lowest BCUT2D eigenvalue weighted by atomic mass is 9.99. The monoisotopic (exact) mass is 160 g/mol. The molecule has 0 saturated carbocycles. The molecule has 0 aromatic carbocycles. The van der Waals surface area contributed by atoms with Crippen LogP contribution in [0.15, 0.2) is 0 Å². The topological polar surface area (TPSA) is 27.7 Å². The van der Waals surface area contributed by atoms with Crippen LogP contribution >= 0.6 is 0 Å². The summed E-state index contributed by atoms with van der Waals surface area (Å²) in [5.41, 5.74) is 0. The van der Waals surface area contributed by atoms with Crippen LogP contribution in [0.4, 0.5) is 0 Å². The molecule has 0 radical (unpaired) electrons. The molecule has 0 aliphatic carbocycles. The third-order valence-corrected chi connectivity index (χ3v) is 2.64. The largest absolute Gasteiger partial charge is 0.372 e. The third-order valence-electron chi connectivity index (χ3n) is 2.64. The Bertz CT molecular complexity index is 131. The molecule has 1 saturated heterocycles. The van der Waals surface area contributed by atoms with E-state index in [1.807, 2.05) is 6.92 Å². The summed E-state index contributed by atoms with van der Waals surface area (Å²) in [6.07, 6.45) is 0.217. The first-order valence-corrected chi connectivity index (χ1v) is 3.88. The van der Waals surface area contributed by atoms with E-state index in [9.17, 15) is 0 Å². The zero-order valence-corrected chi connectivity index (χ0v) is 7.59. The smallest absolute Gasteiger partial charge is 0.196 e. The van der Waals surface area contributed by atoms with Crippen molar-refractivity contribution >= 4 is 0 Å². The van der Waals surface area contributed by atoms with Gasteiger partial charge in [0, 0.05) is 20.1 Å². The van der Waals surface area contributed by atoms with Crippen molar-refractivity contribution in [1.82, 2.24) is 0 Å². The Balaban J connectivity index is 2.69. The lowest BCUT2D eigenvalue weighted by molar-refractivity contribution is -0.222. The van der Waals surface area contributed by atoms with Gasteiger partial charge in [0.2, 0.25) is 0 Å². The summed E-state index contributed by atoms with van der Waals surface area (Å²) >= 11 is 0. The van der Waals surface area contributed by atoms with Crippen molar-refractivity contribution in [3.63, 3.8) is 0 Å². The molecule has 0 amide bonds. The number of rotatable bonds is 2. The fourth-order valence-electron chi connectivity index (χ4n) is 1.45. The van der Waals surface area contributed by atoms with Crippen molar-refractivity contribution in [3.8, 4) is 0 Å². The zero-order valence-electron chi connectivity index (χ0n) is 7.59. The van der Waals surface area contributed by atoms with Gasteiger partial charge in [0.15, 0.2) is 5.79 Å². The molecule has 66 valence electrons. The van der Waals surface area contributed by atoms with Crippen LogP contribution in [0.5, 0.6) is 0 Å². The average molecular weight is 160 g/mol. The molecule has 1 fully saturated rings. The van der Waals surface area contributed by atoms with Crippen LogP contribution in [0.3, 0.4) is 0 Å². The number of ether oxygens (including phenoxy) is 3. The second-order valence-electron chi connectivity index (χ2n) is 3.02. The van der Waals surface area contributed by atoms with Gasteiger partial charge in [-0.3, -0.25) is 0 Å². The maximum Gasteiger partial charge on any atom is 0.196 e. The predicted octanol–water partition coefficient (Wildman–Crippen LogP) is 1.03. The van der Waals surface area contributed by atoms with Crippen LogP contribution in [0.2, 0.25) is 0 Å². The quantitative estimate of drug-likeness (QED) is 0.565. The van der Waals surface area contributed by atoms with Crippen molar-refractivity contribution in [3.05, 3.63) is 0 Å². The highest BCUT2D eigenvalue weighted by Gasteiger charge is 2.46. The minimum absolute atomic E-state index is 0.217. The van der Waals surface area contributed by atoms with Crippen molar-refractivity contribution < 1.29 is 14.2 Å². The molecule has 0 N–H and O–H groups in total. The first kappa shape index (κ1) is 8.97. The van der Waals surface area contributed by atoms with Crippen molar-refractivity contribution in [2.75, 3.05) is 20.8 Å². The van der Waals surface area contributed by atoms with Crippen LogP contribution in [0.25, 0.3) is 0 Å². The number of methoxy groups -OCH3 is 2. The van der Waals surface area contributed by atoms with Gasteiger partial charge in [0.25, 0.3) is 0 Å². The number of hydrogen-bond donors (Lipinski definition) is 0. The fraction of sp³-hybridized carbons (Fsp3) is 1.00. The minimum Gasteiger partial charge on any atom is -0.372 e. The van der Waals surface area contributed by atoms with E-state index >= 15 is 0 Å². The highest BCUT2D eigenvalue weighted by molar-refractivity contribution is 4.86. The van der Waals surface area contributed by atoms with Gasteiger partial charge in [0.05, 0.1) is 6.10 Å². The highest BCUT2D eigenvalue weighted by atomic mass is 16.7. The van der Waals surface area contributed by atoms with Crippen LogP contribution in [-0.4, -0.2) is 32.7 Å². The normalized spacial score (nSPS) is 36.0. The highest BCUT2D eigenvalue weighted by Crippen LogP contribution is 2.33. The Morgan fingerprint density at radius 1 is 1.27 bits per heavy atom. The van der Waals surface area contributed by atoms with E-state index in [1.54, 1.807) is 14.2 Å². The second kappa shape index (κ2) is 3.09. The molecular formula is C8H16O3. The van der Waals surface area contributed by atoms with Crippen molar-refractivity contribution in [2.45, 2.75) is 25.7 Å². The van der Waals surface area contributed by atoms with Crippen LogP contribution in [0, 0.1) is 5.92 Å². The van der Waals surface area contributed by atoms with Gasteiger partial charge in [-0.05, 0) is 6.92 Å². The van der Waals surface area contributed by atoms with Gasteiger partial charge >= 0.3 is 0 Å². The Morgan fingerprint density at radius 3 is 2.00 bits per heavy atom. The molecule has 11 heavy (non-hydrogen) atoms. The molecule has 0 aromatic rings. The van der Waals surface area contributed by atoms with Gasteiger partial charge in [-0.2, -0.15) is 0 Å². The van der Waals surface area contributed by atoms with Gasteiger partial charge in [-0.1, -0.05) is 6.92 Å². The van der Waals surface area contributed by atoms with Crippen LogP contribution in [0.1, 0.15) is 13.8 Å². The van der Waals surface area contributed by atoms with Gasteiger partial charge in [-0.25, -0.2) is 0 Å². The Hall–Kier alpha value is -0.120. The molecule has 3 nitrogen and oxygen atoms in total. The lowest BCUT2D eigenvalue weighted by Gasteiger charge is -2.29. The van der Waals surface area contributed by atoms with E-state index in [1.165, 1.54) is 0 Å². The number of hydrogen-bond acceptors (Lipinski definition) is 3. The summed E-state index contributed by atoms with van der Waals surface area (Å²) in [6, 6.07) is 0. The summed E-state index contributed by atoms with van der Waals surface area (Å²) in [6.45, 7) is 4.64. The van der Waals surface area contributed by atoms with Crippen LogP contribution < -0.4 is 0 Å². The van der Waals surface area contributed by atoms with E-state index in [-0.39, 0.29) is 12.0 Å². The van der Waals surface area contributed by atoms with E-state index in [0.29, 0.717) is 6.61 Å². The Morgan fingerprint density at radius 2 is 1.82 bits per heavy atom. The standard InChI is InChI=1S/C8H16O3/c1-6-7(2)11-5-8(6,9-3)10-4/h6-7H,5H2,1-4H3. The molecular weight excluding hydrogens is 144 g/mol. The lowest BCUT2D eigenvalue weighted by Crippen LogP contribution is -2.41. The van der Waals surface area contributed by atoms with Crippen molar-refractivity contribution in [2.24, 2.45) is 5.92 Å². The molecule has 1 aliphatic rings. The molecule has 1 rings (SSSR count). The third kappa shape index (κ3) is 1.28. The Kier molecular flexibility index (Phi) is 2.52. The van der Waals surface area contributed by atoms with Gasteiger partial charge in [0.1, 0.15) is 6.61 Å². The summed E-state index contributed by atoms with van der Waals surface area (Å²) in [4.78, 5) is 0. The molecule has 3 heteroatoms. The first-order valence-electron chi connectivity index (χ1n) is 3.88. The molecule has 2 unspecified atom stereocenters. The molecule has 0 aromatic heterocycles. The maximum absolute atomic E-state index is 5.41. The second-order valence-corrected chi connectivity index (χ2v) is 3.02. The molecule has 2 atom stereocenters. The predicted molar refractivity (Wildman–Crippen MR) is 41.3 cm³/mol. The fourth-order valence-corrected chi connectivity index (χ4v) is 1.45. The maximum atomic E-state index is 5.41. The van der Waals surface area contributed by atoms with Gasteiger partial charge < -0.3 is 14.2 Å². The summed E-state index contributed by atoms with van der Waals surface area (Å²) < 4.78 is 16.0. The van der Waals surface area contributed by atoms with Gasteiger partial charge in [-0.15, -0.1) is 0 Å². The zero-order chi connectivity index (χ0) is 8.48. The molecule has 1 aliphatic heterocycles. The van der Waals surface area contributed by atoms with E-state index in [0.717, 1.165) is 0 Å². The van der Waals surface area contributed by atoms with Crippen molar-refractivity contribution in [1.29, 1.82) is 0 Å². The SMILES string of the molecule is COC1(OC)COC(C)C1C. The van der Waals surface area contributed by atoms with Crippen LogP contribution in [-0.2, 0) is 14.2 Å². The first-order chi connectivity index (χ1) is 5.16. The van der Waals surface area contributed by atoms with E-state index < -0.39 is 5.79 Å². The van der Waals surface area contributed by atoms with E-state index in [4.69, 9.17) is 14.2 Å². The molecule has 1 heterocycles. The molecule has 0 bridgehead atoms. The average Bonchev–Trinajstić information content (AvgIpc) is 2.32. The minimum atomic E-state index is -0.514.